The van der Waals surface area contributed by atoms with E-state index in [-0.39, 0.29) is 0 Å². The number of nitrogens with zero attached hydrogens (tertiary/aromatic N) is 1. The van der Waals surface area contributed by atoms with Crippen molar-refractivity contribution < 1.29 is 5.11 Å². The highest BCUT2D eigenvalue weighted by molar-refractivity contribution is 7.07. The van der Waals surface area contributed by atoms with Crippen LogP contribution < -0.4 is 5.32 Å². The molecule has 0 radical (unpaired) electrons. The van der Waals surface area contributed by atoms with Gasteiger partial charge in [0, 0.05) is 24.0 Å². The second-order valence-corrected chi connectivity index (χ2v) is 4.43. The maximum Gasteiger partial charge on any atom is 0.120 e. The SMILES string of the molecule is Cc1ccc(O)c(CNCc2cscn2)c1. The molecule has 1 aromatic carbocycles. The first-order valence-electron chi connectivity index (χ1n) is 5.12. The van der Waals surface area contributed by atoms with E-state index in [4.69, 9.17) is 0 Å². The largest absolute Gasteiger partial charge is 0.508 e. The van der Waals surface area contributed by atoms with Crippen molar-refractivity contribution in [2.75, 3.05) is 0 Å². The van der Waals surface area contributed by atoms with Crippen LogP contribution in [0.5, 0.6) is 5.75 Å². The molecule has 2 N–H and O–H groups in total. The van der Waals surface area contributed by atoms with Crippen molar-refractivity contribution in [1.29, 1.82) is 0 Å². The third kappa shape index (κ3) is 2.81. The van der Waals surface area contributed by atoms with Gasteiger partial charge in [-0.3, -0.25) is 0 Å². The molecule has 0 aliphatic heterocycles. The minimum Gasteiger partial charge on any atom is -0.508 e. The molecule has 0 spiro atoms. The second-order valence-electron chi connectivity index (χ2n) is 3.72. The predicted octanol–water partition coefficient (Wildman–Crippen LogP) is 2.45. The van der Waals surface area contributed by atoms with E-state index in [0.29, 0.717) is 12.3 Å². The molecular formula is C12H14N2OS. The molecule has 84 valence electrons. The quantitative estimate of drug-likeness (QED) is 0.854. The van der Waals surface area contributed by atoms with E-state index in [1.165, 1.54) is 0 Å². The fourth-order valence-corrected chi connectivity index (χ4v) is 2.06. The Labute approximate surface area is 98.8 Å². The minimum absolute atomic E-state index is 0.344. The lowest BCUT2D eigenvalue weighted by atomic mass is 10.1. The standard InChI is InChI=1S/C12H14N2OS/c1-9-2-3-12(15)10(4-9)5-13-6-11-7-16-8-14-11/h2-4,7-8,13,15H,5-6H2,1H3. The molecule has 16 heavy (non-hydrogen) atoms. The van der Waals surface area contributed by atoms with Gasteiger partial charge in [0.25, 0.3) is 0 Å². The fourth-order valence-electron chi connectivity index (χ4n) is 1.51. The monoisotopic (exact) mass is 234 g/mol. The summed E-state index contributed by atoms with van der Waals surface area (Å²) in [5, 5.41) is 14.9. The number of hydrogen-bond acceptors (Lipinski definition) is 4. The van der Waals surface area contributed by atoms with Gasteiger partial charge in [0.1, 0.15) is 5.75 Å². The van der Waals surface area contributed by atoms with E-state index in [9.17, 15) is 5.11 Å². The Bertz CT molecular complexity index is 454. The zero-order valence-electron chi connectivity index (χ0n) is 9.10. The third-order valence-corrected chi connectivity index (χ3v) is 2.98. The number of nitrogens with one attached hydrogen (secondary N) is 1. The Balaban J connectivity index is 1.92. The topological polar surface area (TPSA) is 45.1 Å². The van der Waals surface area contributed by atoms with Gasteiger partial charge in [-0.15, -0.1) is 11.3 Å². The number of benzene rings is 1. The van der Waals surface area contributed by atoms with Crippen LogP contribution in [0.15, 0.2) is 29.1 Å². The van der Waals surface area contributed by atoms with Crippen LogP contribution >= 0.6 is 11.3 Å². The van der Waals surface area contributed by atoms with Crippen molar-refractivity contribution in [3.05, 3.63) is 45.9 Å². The highest BCUT2D eigenvalue weighted by Crippen LogP contribution is 2.17. The molecule has 1 aromatic heterocycles. The summed E-state index contributed by atoms with van der Waals surface area (Å²) in [5.41, 5.74) is 4.94. The predicted molar refractivity (Wildman–Crippen MR) is 65.5 cm³/mol. The Morgan fingerprint density at radius 2 is 2.25 bits per heavy atom. The van der Waals surface area contributed by atoms with Gasteiger partial charge in [-0.25, -0.2) is 4.98 Å². The number of rotatable bonds is 4. The summed E-state index contributed by atoms with van der Waals surface area (Å²) < 4.78 is 0. The lowest BCUT2D eigenvalue weighted by Gasteiger charge is -2.06. The van der Waals surface area contributed by atoms with Crippen LogP contribution in [0.4, 0.5) is 0 Å². The smallest absolute Gasteiger partial charge is 0.120 e. The highest BCUT2D eigenvalue weighted by atomic mass is 32.1. The Kier molecular flexibility index (Phi) is 3.54. The Morgan fingerprint density at radius 1 is 1.38 bits per heavy atom. The van der Waals surface area contributed by atoms with Crippen molar-refractivity contribution in [1.82, 2.24) is 10.3 Å². The van der Waals surface area contributed by atoms with Crippen LogP contribution in [-0.2, 0) is 13.1 Å². The fraction of sp³-hybridized carbons (Fsp3) is 0.250. The first kappa shape index (κ1) is 11.1. The number of aryl methyl sites for hydroxylation is 1. The van der Waals surface area contributed by atoms with Crippen LogP contribution in [-0.4, -0.2) is 10.1 Å². The lowest BCUT2D eigenvalue weighted by Crippen LogP contribution is -2.13. The molecule has 2 aromatic rings. The molecule has 0 saturated carbocycles. The van der Waals surface area contributed by atoms with Crippen LogP contribution in [0, 0.1) is 6.92 Å². The van der Waals surface area contributed by atoms with E-state index >= 15 is 0 Å². The summed E-state index contributed by atoms with van der Waals surface area (Å²) in [6, 6.07) is 5.62. The van der Waals surface area contributed by atoms with Gasteiger partial charge in [0.2, 0.25) is 0 Å². The lowest BCUT2D eigenvalue weighted by molar-refractivity contribution is 0.464. The molecule has 0 bridgehead atoms. The summed E-state index contributed by atoms with van der Waals surface area (Å²) in [6.45, 7) is 3.41. The first-order valence-corrected chi connectivity index (χ1v) is 6.06. The maximum atomic E-state index is 9.64. The summed E-state index contributed by atoms with van der Waals surface area (Å²) in [4.78, 5) is 4.18. The van der Waals surface area contributed by atoms with Gasteiger partial charge in [-0.05, 0) is 13.0 Å². The van der Waals surface area contributed by atoms with E-state index in [1.54, 1.807) is 17.4 Å². The molecule has 0 unspecified atom stereocenters. The summed E-state index contributed by atoms with van der Waals surface area (Å²) in [7, 11) is 0. The van der Waals surface area contributed by atoms with Crippen molar-refractivity contribution in [3.8, 4) is 5.75 Å². The molecule has 2 rings (SSSR count). The van der Waals surface area contributed by atoms with E-state index in [1.807, 2.05) is 29.9 Å². The molecule has 1 heterocycles. The number of hydrogen-bond donors (Lipinski definition) is 2. The molecule has 0 aliphatic rings. The van der Waals surface area contributed by atoms with Gasteiger partial charge in [0.15, 0.2) is 0 Å². The summed E-state index contributed by atoms with van der Waals surface area (Å²) in [6.07, 6.45) is 0. The van der Waals surface area contributed by atoms with Gasteiger partial charge in [-0.2, -0.15) is 0 Å². The third-order valence-electron chi connectivity index (χ3n) is 2.34. The molecule has 4 heteroatoms. The van der Waals surface area contributed by atoms with Crippen LogP contribution in [0.1, 0.15) is 16.8 Å². The number of aromatic hydroxyl groups is 1. The number of thiazole rings is 1. The first-order chi connectivity index (χ1) is 7.75. The van der Waals surface area contributed by atoms with Crippen LogP contribution in [0.2, 0.25) is 0 Å². The van der Waals surface area contributed by atoms with Gasteiger partial charge in [0.05, 0.1) is 11.2 Å². The number of phenolic OH excluding ortho intramolecular Hbond substituents is 1. The normalized spacial score (nSPS) is 10.6. The summed E-state index contributed by atoms with van der Waals surface area (Å²) in [5.74, 6) is 0.344. The zero-order chi connectivity index (χ0) is 11.4. The van der Waals surface area contributed by atoms with E-state index in [2.05, 4.69) is 10.3 Å². The average molecular weight is 234 g/mol. The molecule has 0 fully saturated rings. The van der Waals surface area contributed by atoms with Crippen LogP contribution in [0.25, 0.3) is 0 Å². The van der Waals surface area contributed by atoms with Crippen molar-refractivity contribution in [2.24, 2.45) is 0 Å². The molecule has 3 nitrogen and oxygen atoms in total. The molecule has 0 saturated heterocycles. The Hall–Kier alpha value is -1.39. The highest BCUT2D eigenvalue weighted by Gasteiger charge is 2.01. The average Bonchev–Trinajstić information content (AvgIpc) is 2.76. The molecule has 0 aliphatic carbocycles. The maximum absolute atomic E-state index is 9.64. The van der Waals surface area contributed by atoms with Crippen molar-refractivity contribution in [3.63, 3.8) is 0 Å². The Morgan fingerprint density at radius 3 is 3.00 bits per heavy atom. The molecule has 0 amide bonds. The van der Waals surface area contributed by atoms with Crippen LogP contribution in [0.3, 0.4) is 0 Å². The van der Waals surface area contributed by atoms with E-state index < -0.39 is 0 Å². The van der Waals surface area contributed by atoms with E-state index in [0.717, 1.165) is 23.4 Å². The second kappa shape index (κ2) is 5.09. The summed E-state index contributed by atoms with van der Waals surface area (Å²) >= 11 is 1.59. The molecule has 0 atom stereocenters. The van der Waals surface area contributed by atoms with Gasteiger partial charge < -0.3 is 10.4 Å². The van der Waals surface area contributed by atoms with Crippen molar-refractivity contribution >= 4 is 11.3 Å². The zero-order valence-corrected chi connectivity index (χ0v) is 9.92. The molecular weight excluding hydrogens is 220 g/mol. The number of phenols is 1. The minimum atomic E-state index is 0.344. The van der Waals surface area contributed by atoms with Crippen molar-refractivity contribution in [2.45, 2.75) is 20.0 Å². The number of aromatic nitrogens is 1. The van der Waals surface area contributed by atoms with Gasteiger partial charge >= 0.3 is 0 Å². The van der Waals surface area contributed by atoms with Gasteiger partial charge in [-0.1, -0.05) is 17.7 Å².